The quantitative estimate of drug-likeness (QED) is 0.840. The lowest BCUT2D eigenvalue weighted by Crippen LogP contribution is -1.95. The molecule has 2 nitrogen and oxygen atoms in total. The van der Waals surface area contributed by atoms with Crippen LogP contribution in [0, 0.1) is 27.7 Å². The number of thiazole rings is 1. The Hall–Kier alpha value is -1.48. The summed E-state index contributed by atoms with van der Waals surface area (Å²) in [4.78, 5) is 17.0. The molecule has 1 aromatic heterocycles. The van der Waals surface area contributed by atoms with Gasteiger partial charge in [-0.1, -0.05) is 17.7 Å². The molecule has 0 saturated carbocycles. The van der Waals surface area contributed by atoms with Crippen molar-refractivity contribution in [1.29, 1.82) is 0 Å². The molecule has 0 spiro atoms. The minimum absolute atomic E-state index is 0.190. The molecule has 0 aliphatic carbocycles. The second-order valence-electron chi connectivity index (χ2n) is 5.18. The largest absolute Gasteiger partial charge is 0.300 e. The summed E-state index contributed by atoms with van der Waals surface area (Å²) in [6.45, 7) is 9.96. The SMILES string of the molecule is CC(=O)Cc1sc(-c2c(C)cc(C)cc2C)nc1C. The minimum atomic E-state index is 0.190. The fraction of sp³-hybridized carbons (Fsp3) is 0.375. The summed E-state index contributed by atoms with van der Waals surface area (Å²) in [5.74, 6) is 0.190. The van der Waals surface area contributed by atoms with E-state index in [1.54, 1.807) is 18.3 Å². The van der Waals surface area contributed by atoms with Crippen molar-refractivity contribution in [2.45, 2.75) is 41.0 Å². The highest BCUT2D eigenvalue weighted by molar-refractivity contribution is 7.15. The normalized spacial score (nSPS) is 10.8. The van der Waals surface area contributed by atoms with Gasteiger partial charge in [0.05, 0.1) is 5.69 Å². The van der Waals surface area contributed by atoms with Crippen LogP contribution in [0.2, 0.25) is 0 Å². The molecule has 0 saturated heterocycles. The van der Waals surface area contributed by atoms with Crippen molar-refractivity contribution in [3.8, 4) is 10.6 Å². The van der Waals surface area contributed by atoms with Crippen LogP contribution in [0.1, 0.15) is 34.2 Å². The van der Waals surface area contributed by atoms with Crippen LogP contribution in [0.4, 0.5) is 0 Å². The zero-order valence-electron chi connectivity index (χ0n) is 12.1. The number of benzene rings is 1. The van der Waals surface area contributed by atoms with Crippen LogP contribution >= 0.6 is 11.3 Å². The number of aryl methyl sites for hydroxylation is 4. The van der Waals surface area contributed by atoms with Gasteiger partial charge >= 0.3 is 0 Å². The van der Waals surface area contributed by atoms with Crippen molar-refractivity contribution in [2.24, 2.45) is 0 Å². The zero-order valence-corrected chi connectivity index (χ0v) is 12.9. The topological polar surface area (TPSA) is 30.0 Å². The van der Waals surface area contributed by atoms with Gasteiger partial charge < -0.3 is 0 Å². The van der Waals surface area contributed by atoms with E-state index in [2.05, 4.69) is 37.9 Å². The molecule has 1 heterocycles. The smallest absolute Gasteiger partial charge is 0.135 e. The van der Waals surface area contributed by atoms with Crippen LogP contribution in [0.3, 0.4) is 0 Å². The van der Waals surface area contributed by atoms with Gasteiger partial charge in [-0.05, 0) is 45.7 Å². The van der Waals surface area contributed by atoms with Gasteiger partial charge in [-0.25, -0.2) is 4.98 Å². The fourth-order valence-corrected chi connectivity index (χ4v) is 3.75. The van der Waals surface area contributed by atoms with Crippen molar-refractivity contribution in [2.75, 3.05) is 0 Å². The molecular weight excluding hydrogens is 254 g/mol. The fourth-order valence-electron chi connectivity index (χ4n) is 2.44. The Bertz CT molecular complexity index is 617. The molecule has 0 aliphatic rings. The van der Waals surface area contributed by atoms with E-state index >= 15 is 0 Å². The van der Waals surface area contributed by atoms with E-state index in [0.717, 1.165) is 15.6 Å². The lowest BCUT2D eigenvalue weighted by molar-refractivity contribution is -0.116. The third kappa shape index (κ3) is 2.92. The Morgan fingerprint density at radius 2 is 1.74 bits per heavy atom. The molecule has 0 radical (unpaired) electrons. The van der Waals surface area contributed by atoms with Gasteiger partial charge in [-0.15, -0.1) is 11.3 Å². The highest BCUT2D eigenvalue weighted by Crippen LogP contribution is 2.33. The van der Waals surface area contributed by atoms with Gasteiger partial charge in [-0.3, -0.25) is 4.79 Å². The van der Waals surface area contributed by atoms with Gasteiger partial charge in [0.15, 0.2) is 0 Å². The van der Waals surface area contributed by atoms with Crippen molar-refractivity contribution in [3.05, 3.63) is 39.4 Å². The van der Waals surface area contributed by atoms with Crippen molar-refractivity contribution < 1.29 is 4.79 Å². The van der Waals surface area contributed by atoms with Crippen LogP contribution in [0.15, 0.2) is 12.1 Å². The second kappa shape index (κ2) is 5.25. The number of carbonyl (C=O) groups is 1. The van der Waals surface area contributed by atoms with Crippen LogP contribution in [0.25, 0.3) is 10.6 Å². The second-order valence-corrected chi connectivity index (χ2v) is 6.26. The Morgan fingerprint density at radius 3 is 2.26 bits per heavy atom. The monoisotopic (exact) mass is 273 g/mol. The highest BCUT2D eigenvalue weighted by atomic mass is 32.1. The summed E-state index contributed by atoms with van der Waals surface area (Å²) in [6.07, 6.45) is 0.494. The van der Waals surface area contributed by atoms with Gasteiger partial charge in [0.25, 0.3) is 0 Å². The van der Waals surface area contributed by atoms with Crippen molar-refractivity contribution in [1.82, 2.24) is 4.98 Å². The predicted octanol–water partition coefficient (Wildman–Crippen LogP) is 4.18. The summed E-state index contributed by atoms with van der Waals surface area (Å²) in [5, 5.41) is 1.03. The molecule has 0 N–H and O–H groups in total. The number of hydrogen-bond acceptors (Lipinski definition) is 3. The molecule has 1 aromatic carbocycles. The number of rotatable bonds is 3. The highest BCUT2D eigenvalue weighted by Gasteiger charge is 2.14. The zero-order chi connectivity index (χ0) is 14.2. The molecule has 0 fully saturated rings. The van der Waals surface area contributed by atoms with Crippen LogP contribution in [-0.4, -0.2) is 10.8 Å². The van der Waals surface area contributed by atoms with E-state index in [0.29, 0.717) is 6.42 Å². The van der Waals surface area contributed by atoms with Crippen molar-refractivity contribution >= 4 is 17.1 Å². The Kier molecular flexibility index (Phi) is 3.85. The maximum Gasteiger partial charge on any atom is 0.135 e. The number of hydrogen-bond donors (Lipinski definition) is 0. The molecule has 0 bridgehead atoms. The van der Waals surface area contributed by atoms with Crippen LogP contribution in [-0.2, 0) is 11.2 Å². The Morgan fingerprint density at radius 1 is 1.16 bits per heavy atom. The number of nitrogens with zero attached hydrogens (tertiary/aromatic N) is 1. The Balaban J connectivity index is 2.51. The summed E-state index contributed by atoms with van der Waals surface area (Å²) in [7, 11) is 0. The van der Waals surface area contributed by atoms with E-state index in [1.165, 1.54) is 22.3 Å². The summed E-state index contributed by atoms with van der Waals surface area (Å²) in [6, 6.07) is 4.37. The van der Waals surface area contributed by atoms with E-state index < -0.39 is 0 Å². The number of ketones is 1. The average Bonchev–Trinajstić information content (AvgIpc) is 2.57. The van der Waals surface area contributed by atoms with E-state index in [9.17, 15) is 4.79 Å². The lowest BCUT2D eigenvalue weighted by Gasteiger charge is -2.08. The number of carbonyl (C=O) groups excluding carboxylic acids is 1. The van der Waals surface area contributed by atoms with E-state index in [1.807, 2.05) is 6.92 Å². The van der Waals surface area contributed by atoms with E-state index in [-0.39, 0.29) is 5.78 Å². The third-order valence-corrected chi connectivity index (χ3v) is 4.37. The molecule has 0 aliphatic heterocycles. The lowest BCUT2D eigenvalue weighted by atomic mass is 10.0. The van der Waals surface area contributed by atoms with Crippen LogP contribution < -0.4 is 0 Å². The Labute approximate surface area is 118 Å². The molecule has 19 heavy (non-hydrogen) atoms. The third-order valence-electron chi connectivity index (χ3n) is 3.19. The first-order valence-corrected chi connectivity index (χ1v) is 7.24. The number of Topliss-reactive ketones (excluding diaryl/α,β-unsaturated/α-hetero) is 1. The molecular formula is C16H19NOS. The summed E-state index contributed by atoms with van der Waals surface area (Å²) < 4.78 is 0. The first-order chi connectivity index (χ1) is 8.88. The molecule has 3 heteroatoms. The molecule has 2 aromatic rings. The molecule has 0 atom stereocenters. The summed E-state index contributed by atoms with van der Waals surface area (Å²) >= 11 is 1.64. The standard InChI is InChI=1S/C16H19NOS/c1-9-6-10(2)15(11(3)7-9)16-17-13(5)14(19-16)8-12(4)18/h6-7H,8H2,1-5H3. The van der Waals surface area contributed by atoms with Gasteiger partial charge in [-0.2, -0.15) is 0 Å². The average molecular weight is 273 g/mol. The predicted molar refractivity (Wildman–Crippen MR) is 80.9 cm³/mol. The summed E-state index contributed by atoms with van der Waals surface area (Å²) in [5.41, 5.74) is 5.97. The maximum absolute atomic E-state index is 11.3. The number of aromatic nitrogens is 1. The first kappa shape index (κ1) is 13.9. The van der Waals surface area contributed by atoms with Gasteiger partial charge in [0.2, 0.25) is 0 Å². The molecule has 2 rings (SSSR count). The first-order valence-electron chi connectivity index (χ1n) is 6.42. The molecule has 0 amide bonds. The van der Waals surface area contributed by atoms with Gasteiger partial charge in [0.1, 0.15) is 10.8 Å². The van der Waals surface area contributed by atoms with E-state index in [4.69, 9.17) is 0 Å². The van der Waals surface area contributed by atoms with Gasteiger partial charge in [0, 0.05) is 16.9 Å². The van der Waals surface area contributed by atoms with Crippen molar-refractivity contribution in [3.63, 3.8) is 0 Å². The molecule has 0 unspecified atom stereocenters. The van der Waals surface area contributed by atoms with Crippen LogP contribution in [0.5, 0.6) is 0 Å². The maximum atomic E-state index is 11.3. The molecule has 100 valence electrons. The minimum Gasteiger partial charge on any atom is -0.300 e.